The van der Waals surface area contributed by atoms with Crippen molar-refractivity contribution in [3.05, 3.63) is 21.3 Å². The fourth-order valence-electron chi connectivity index (χ4n) is 2.07. The predicted octanol–water partition coefficient (Wildman–Crippen LogP) is 3.32. The standard InChI is InChI=1S/C11H16ClNS/c1-11(2)6-8(11)9(13)5-7-3-4-10(12)14-7/h3-4,8-9H,5-6,13H2,1-2H3. The zero-order valence-electron chi connectivity index (χ0n) is 8.59. The Kier molecular flexibility index (Phi) is 2.63. The van der Waals surface area contributed by atoms with Crippen LogP contribution >= 0.6 is 22.9 Å². The highest BCUT2D eigenvalue weighted by Gasteiger charge is 2.48. The van der Waals surface area contributed by atoms with Crippen molar-refractivity contribution in [3.63, 3.8) is 0 Å². The second kappa shape index (κ2) is 3.51. The van der Waals surface area contributed by atoms with Crippen molar-refractivity contribution in [2.75, 3.05) is 0 Å². The van der Waals surface area contributed by atoms with E-state index in [0.717, 1.165) is 10.8 Å². The maximum absolute atomic E-state index is 6.16. The molecule has 1 nitrogen and oxygen atoms in total. The lowest BCUT2D eigenvalue weighted by atomic mass is 10.0. The van der Waals surface area contributed by atoms with E-state index in [-0.39, 0.29) is 0 Å². The van der Waals surface area contributed by atoms with Crippen LogP contribution in [0.3, 0.4) is 0 Å². The van der Waals surface area contributed by atoms with Crippen LogP contribution in [-0.2, 0) is 6.42 Å². The van der Waals surface area contributed by atoms with E-state index >= 15 is 0 Å². The number of nitrogens with two attached hydrogens (primary N) is 1. The van der Waals surface area contributed by atoms with Crippen LogP contribution in [0.5, 0.6) is 0 Å². The molecule has 0 aromatic carbocycles. The molecule has 1 heterocycles. The van der Waals surface area contributed by atoms with Crippen molar-refractivity contribution in [3.8, 4) is 0 Å². The Bertz CT molecular complexity index is 332. The van der Waals surface area contributed by atoms with Gasteiger partial charge in [0, 0.05) is 10.9 Å². The van der Waals surface area contributed by atoms with Crippen LogP contribution < -0.4 is 5.73 Å². The molecule has 0 radical (unpaired) electrons. The molecule has 0 saturated heterocycles. The highest BCUT2D eigenvalue weighted by atomic mass is 35.5. The summed E-state index contributed by atoms with van der Waals surface area (Å²) in [5, 5.41) is 0. The van der Waals surface area contributed by atoms with Crippen molar-refractivity contribution in [1.29, 1.82) is 0 Å². The summed E-state index contributed by atoms with van der Waals surface area (Å²) in [6.07, 6.45) is 2.25. The van der Waals surface area contributed by atoms with E-state index < -0.39 is 0 Å². The third-order valence-corrected chi connectivity index (χ3v) is 4.43. The number of thiophene rings is 1. The van der Waals surface area contributed by atoms with Crippen molar-refractivity contribution < 1.29 is 0 Å². The van der Waals surface area contributed by atoms with Gasteiger partial charge in [-0.2, -0.15) is 0 Å². The summed E-state index contributed by atoms with van der Waals surface area (Å²) in [6, 6.07) is 4.34. The molecular formula is C11H16ClNS. The molecule has 2 atom stereocenters. The molecule has 1 aliphatic rings. The van der Waals surface area contributed by atoms with E-state index in [9.17, 15) is 0 Å². The average Bonchev–Trinajstić information content (AvgIpc) is 2.51. The topological polar surface area (TPSA) is 26.0 Å². The van der Waals surface area contributed by atoms with Crippen LogP contribution in [0.4, 0.5) is 0 Å². The molecule has 2 N–H and O–H groups in total. The monoisotopic (exact) mass is 229 g/mol. The lowest BCUT2D eigenvalue weighted by Gasteiger charge is -2.11. The molecule has 0 spiro atoms. The van der Waals surface area contributed by atoms with Gasteiger partial charge in [0.2, 0.25) is 0 Å². The Morgan fingerprint density at radius 1 is 1.64 bits per heavy atom. The van der Waals surface area contributed by atoms with Crippen molar-refractivity contribution in [1.82, 2.24) is 0 Å². The SMILES string of the molecule is CC1(C)CC1C(N)Cc1ccc(Cl)s1. The summed E-state index contributed by atoms with van der Waals surface area (Å²) in [7, 11) is 0. The average molecular weight is 230 g/mol. The largest absolute Gasteiger partial charge is 0.327 e. The third kappa shape index (κ3) is 2.13. The first-order chi connectivity index (χ1) is 6.49. The molecule has 2 unspecified atom stereocenters. The Labute approximate surface area is 94.3 Å². The smallest absolute Gasteiger partial charge is 0.0931 e. The molecule has 1 fully saturated rings. The molecule has 14 heavy (non-hydrogen) atoms. The quantitative estimate of drug-likeness (QED) is 0.846. The summed E-state index contributed by atoms with van der Waals surface area (Å²) in [6.45, 7) is 4.58. The maximum Gasteiger partial charge on any atom is 0.0931 e. The summed E-state index contributed by atoms with van der Waals surface area (Å²) >= 11 is 7.52. The fourth-order valence-corrected chi connectivity index (χ4v) is 3.23. The normalized spacial score (nSPS) is 26.1. The van der Waals surface area contributed by atoms with Gasteiger partial charge >= 0.3 is 0 Å². The highest BCUT2D eigenvalue weighted by molar-refractivity contribution is 7.16. The van der Waals surface area contributed by atoms with Crippen LogP contribution in [0.1, 0.15) is 25.1 Å². The van der Waals surface area contributed by atoms with Gasteiger partial charge in [-0.1, -0.05) is 25.4 Å². The summed E-state index contributed by atoms with van der Waals surface area (Å²) in [5.74, 6) is 0.698. The Morgan fingerprint density at radius 3 is 2.71 bits per heavy atom. The molecule has 1 aromatic heterocycles. The molecule has 0 aliphatic heterocycles. The number of hydrogen-bond donors (Lipinski definition) is 1. The molecule has 1 saturated carbocycles. The maximum atomic E-state index is 6.16. The summed E-state index contributed by atoms with van der Waals surface area (Å²) in [4.78, 5) is 1.31. The Balaban J connectivity index is 1.93. The van der Waals surface area contributed by atoms with Crippen molar-refractivity contribution in [2.45, 2.75) is 32.7 Å². The van der Waals surface area contributed by atoms with E-state index in [0.29, 0.717) is 17.4 Å². The Hall–Kier alpha value is -0.0500. The Morgan fingerprint density at radius 2 is 2.29 bits per heavy atom. The van der Waals surface area contributed by atoms with Gasteiger partial charge in [-0.3, -0.25) is 0 Å². The first-order valence-corrected chi connectivity index (χ1v) is 6.18. The van der Waals surface area contributed by atoms with E-state index in [4.69, 9.17) is 17.3 Å². The van der Waals surface area contributed by atoms with E-state index in [1.54, 1.807) is 11.3 Å². The van der Waals surface area contributed by atoms with Gasteiger partial charge in [0.05, 0.1) is 4.34 Å². The van der Waals surface area contributed by atoms with Crippen LogP contribution in [-0.4, -0.2) is 6.04 Å². The first kappa shape index (κ1) is 10.5. The summed E-state index contributed by atoms with van der Waals surface area (Å²) in [5.41, 5.74) is 6.63. The fraction of sp³-hybridized carbons (Fsp3) is 0.636. The second-order valence-electron chi connectivity index (χ2n) is 4.87. The van der Waals surface area contributed by atoms with Gasteiger partial charge in [-0.15, -0.1) is 11.3 Å². The molecule has 0 amide bonds. The van der Waals surface area contributed by atoms with Crippen LogP contribution in [0.2, 0.25) is 4.34 Å². The minimum Gasteiger partial charge on any atom is -0.327 e. The van der Waals surface area contributed by atoms with Crippen LogP contribution in [0.25, 0.3) is 0 Å². The van der Waals surface area contributed by atoms with Gasteiger partial charge in [0.1, 0.15) is 0 Å². The summed E-state index contributed by atoms with van der Waals surface area (Å²) < 4.78 is 0.863. The van der Waals surface area contributed by atoms with Crippen LogP contribution in [0, 0.1) is 11.3 Å². The molecule has 2 rings (SSSR count). The molecule has 1 aliphatic carbocycles. The first-order valence-electron chi connectivity index (χ1n) is 4.99. The zero-order chi connectivity index (χ0) is 10.3. The second-order valence-corrected chi connectivity index (χ2v) is 6.67. The molecular weight excluding hydrogens is 214 g/mol. The van der Waals surface area contributed by atoms with E-state index in [1.807, 2.05) is 6.07 Å². The molecule has 0 bridgehead atoms. The van der Waals surface area contributed by atoms with Gasteiger partial charge in [0.25, 0.3) is 0 Å². The highest BCUT2D eigenvalue weighted by Crippen LogP contribution is 2.53. The van der Waals surface area contributed by atoms with Crippen LogP contribution in [0.15, 0.2) is 12.1 Å². The van der Waals surface area contributed by atoms with Gasteiger partial charge in [0.15, 0.2) is 0 Å². The van der Waals surface area contributed by atoms with Gasteiger partial charge < -0.3 is 5.73 Å². The van der Waals surface area contributed by atoms with Crippen molar-refractivity contribution in [2.24, 2.45) is 17.1 Å². The lowest BCUT2D eigenvalue weighted by Crippen LogP contribution is -2.26. The lowest BCUT2D eigenvalue weighted by molar-refractivity contribution is 0.478. The third-order valence-electron chi connectivity index (χ3n) is 3.17. The minimum atomic E-state index is 0.305. The van der Waals surface area contributed by atoms with Gasteiger partial charge in [-0.25, -0.2) is 0 Å². The van der Waals surface area contributed by atoms with E-state index in [1.165, 1.54) is 11.3 Å². The molecule has 3 heteroatoms. The number of halogens is 1. The minimum absolute atomic E-state index is 0.305. The number of hydrogen-bond acceptors (Lipinski definition) is 2. The molecule has 78 valence electrons. The number of rotatable bonds is 3. The van der Waals surface area contributed by atoms with Crippen molar-refractivity contribution >= 4 is 22.9 Å². The predicted molar refractivity (Wildman–Crippen MR) is 62.9 cm³/mol. The zero-order valence-corrected chi connectivity index (χ0v) is 10.2. The van der Waals surface area contributed by atoms with E-state index in [2.05, 4.69) is 19.9 Å². The van der Waals surface area contributed by atoms with Gasteiger partial charge in [-0.05, 0) is 36.3 Å². The molecule has 1 aromatic rings.